The molecule has 146 valence electrons. The summed E-state index contributed by atoms with van der Waals surface area (Å²) in [6, 6.07) is 7.23. The van der Waals surface area contributed by atoms with Gasteiger partial charge in [0.1, 0.15) is 12.1 Å². The number of imide groups is 1. The number of amides is 4. The Morgan fingerprint density at radius 2 is 1.67 bits per heavy atom. The Morgan fingerprint density at radius 1 is 1.07 bits per heavy atom. The summed E-state index contributed by atoms with van der Waals surface area (Å²) in [4.78, 5) is 40.9. The number of carbonyl (C=O) groups is 3. The molecule has 3 rings (SSSR count). The molecular weight excluding hydrogens is 342 g/mol. The zero-order valence-corrected chi connectivity index (χ0v) is 16.5. The van der Waals surface area contributed by atoms with Crippen molar-refractivity contribution in [2.24, 2.45) is 0 Å². The second-order valence-electron chi connectivity index (χ2n) is 8.02. The predicted octanol–water partition coefficient (Wildman–Crippen LogP) is 2.98. The summed E-state index contributed by atoms with van der Waals surface area (Å²) >= 11 is 0. The first kappa shape index (κ1) is 19.4. The van der Waals surface area contributed by atoms with Crippen molar-refractivity contribution < 1.29 is 14.4 Å². The number of hydrogen-bond donors (Lipinski definition) is 1. The van der Waals surface area contributed by atoms with Crippen LogP contribution in [0.5, 0.6) is 0 Å². The molecule has 6 heteroatoms. The van der Waals surface area contributed by atoms with Crippen molar-refractivity contribution in [1.29, 1.82) is 0 Å². The van der Waals surface area contributed by atoms with Gasteiger partial charge in [-0.15, -0.1) is 0 Å². The van der Waals surface area contributed by atoms with E-state index in [-0.39, 0.29) is 18.4 Å². The van der Waals surface area contributed by atoms with Gasteiger partial charge in [-0.25, -0.2) is 4.79 Å². The van der Waals surface area contributed by atoms with E-state index in [1.165, 1.54) is 5.56 Å². The highest BCUT2D eigenvalue weighted by Crippen LogP contribution is 2.30. The van der Waals surface area contributed by atoms with Crippen LogP contribution in [0.1, 0.15) is 63.5 Å². The molecule has 0 bridgehead atoms. The molecule has 2 aliphatic heterocycles. The van der Waals surface area contributed by atoms with E-state index in [0.717, 1.165) is 36.1 Å². The number of carbonyl (C=O) groups excluding carboxylic acids is 3. The van der Waals surface area contributed by atoms with E-state index >= 15 is 0 Å². The minimum absolute atomic E-state index is 0.153. The summed E-state index contributed by atoms with van der Waals surface area (Å²) in [5.41, 5.74) is 0.772. The lowest BCUT2D eigenvalue weighted by Gasteiger charge is -2.24. The van der Waals surface area contributed by atoms with Crippen LogP contribution < -0.4 is 5.32 Å². The summed E-state index contributed by atoms with van der Waals surface area (Å²) in [6.07, 6.45) is 4.20. The highest BCUT2D eigenvalue weighted by atomic mass is 16.2. The molecule has 27 heavy (non-hydrogen) atoms. The number of benzene rings is 1. The summed E-state index contributed by atoms with van der Waals surface area (Å²) in [6.45, 7) is 7.13. The fraction of sp³-hybridized carbons (Fsp3) is 0.571. The van der Waals surface area contributed by atoms with E-state index in [2.05, 4.69) is 19.2 Å². The van der Waals surface area contributed by atoms with Gasteiger partial charge in [-0.1, -0.05) is 51.0 Å². The monoisotopic (exact) mass is 371 g/mol. The van der Waals surface area contributed by atoms with Gasteiger partial charge in [-0.05, 0) is 36.8 Å². The Balaban J connectivity index is 1.74. The van der Waals surface area contributed by atoms with Crippen molar-refractivity contribution >= 4 is 17.8 Å². The van der Waals surface area contributed by atoms with Gasteiger partial charge in [0.25, 0.3) is 5.91 Å². The van der Waals surface area contributed by atoms with Gasteiger partial charge in [0.05, 0.1) is 0 Å². The van der Waals surface area contributed by atoms with E-state index in [4.69, 9.17) is 0 Å². The minimum atomic E-state index is -1.13. The Hall–Kier alpha value is -2.37. The molecule has 2 saturated heterocycles. The second-order valence-corrected chi connectivity index (χ2v) is 8.02. The zero-order chi connectivity index (χ0) is 19.6. The number of rotatable bonds is 4. The van der Waals surface area contributed by atoms with E-state index in [0.29, 0.717) is 19.0 Å². The molecule has 0 aromatic heterocycles. The molecule has 1 N–H and O–H groups in total. The van der Waals surface area contributed by atoms with Gasteiger partial charge in [-0.2, -0.15) is 0 Å². The highest BCUT2D eigenvalue weighted by Gasteiger charge is 2.49. The van der Waals surface area contributed by atoms with E-state index in [9.17, 15) is 14.4 Å². The molecule has 0 spiro atoms. The van der Waals surface area contributed by atoms with Gasteiger partial charge in [-0.3, -0.25) is 14.5 Å². The largest absolute Gasteiger partial charge is 0.341 e. The van der Waals surface area contributed by atoms with Crippen molar-refractivity contribution in [3.63, 3.8) is 0 Å². The van der Waals surface area contributed by atoms with Gasteiger partial charge in [0.2, 0.25) is 5.91 Å². The lowest BCUT2D eigenvalue weighted by molar-refractivity contribution is -0.138. The van der Waals surface area contributed by atoms with Crippen molar-refractivity contribution in [1.82, 2.24) is 15.1 Å². The lowest BCUT2D eigenvalue weighted by atomic mass is 9.90. The molecule has 6 nitrogen and oxygen atoms in total. The maximum Gasteiger partial charge on any atom is 0.325 e. The van der Waals surface area contributed by atoms with Gasteiger partial charge in [0.15, 0.2) is 0 Å². The normalized spacial score (nSPS) is 23.6. The van der Waals surface area contributed by atoms with Crippen LogP contribution in [0.4, 0.5) is 4.79 Å². The van der Waals surface area contributed by atoms with Crippen LogP contribution in [0.2, 0.25) is 0 Å². The van der Waals surface area contributed by atoms with Crippen molar-refractivity contribution in [3.05, 3.63) is 35.4 Å². The third-order valence-corrected chi connectivity index (χ3v) is 5.68. The zero-order valence-electron chi connectivity index (χ0n) is 16.5. The number of likely N-dealkylation sites (tertiary alicyclic amines) is 1. The SMILES string of the molecule is CC(C)c1ccc(C2(C)NC(=O)N(CC(=O)N3CCCCCC3)C2=O)cc1. The van der Waals surface area contributed by atoms with Crippen LogP contribution in [0, 0.1) is 0 Å². The molecule has 0 saturated carbocycles. The summed E-state index contributed by atoms with van der Waals surface area (Å²) < 4.78 is 0. The average Bonchev–Trinajstić information content (AvgIpc) is 2.85. The van der Waals surface area contributed by atoms with Crippen LogP contribution in [0.25, 0.3) is 0 Å². The molecule has 2 heterocycles. The van der Waals surface area contributed by atoms with Crippen LogP contribution in [0.3, 0.4) is 0 Å². The maximum atomic E-state index is 13.0. The summed E-state index contributed by atoms with van der Waals surface area (Å²) in [5.74, 6) is -0.128. The first-order chi connectivity index (χ1) is 12.8. The van der Waals surface area contributed by atoms with Crippen LogP contribution in [-0.2, 0) is 15.1 Å². The van der Waals surface area contributed by atoms with Gasteiger partial charge >= 0.3 is 6.03 Å². The molecule has 0 aliphatic carbocycles. The Kier molecular flexibility index (Phi) is 5.53. The maximum absolute atomic E-state index is 13.0. The second kappa shape index (κ2) is 7.71. The highest BCUT2D eigenvalue weighted by molar-refractivity contribution is 6.09. The predicted molar refractivity (Wildman–Crippen MR) is 103 cm³/mol. The summed E-state index contributed by atoms with van der Waals surface area (Å²) in [5, 5.41) is 2.78. The number of nitrogens with one attached hydrogen (secondary N) is 1. The van der Waals surface area contributed by atoms with E-state index < -0.39 is 11.6 Å². The Labute approximate surface area is 160 Å². The van der Waals surface area contributed by atoms with Crippen LogP contribution in [0.15, 0.2) is 24.3 Å². The van der Waals surface area contributed by atoms with Crippen LogP contribution >= 0.6 is 0 Å². The smallest absolute Gasteiger partial charge is 0.325 e. The lowest BCUT2D eigenvalue weighted by Crippen LogP contribution is -2.44. The molecule has 2 aliphatic rings. The number of urea groups is 1. The topological polar surface area (TPSA) is 69.7 Å². The fourth-order valence-corrected chi connectivity index (χ4v) is 3.79. The third-order valence-electron chi connectivity index (χ3n) is 5.68. The van der Waals surface area contributed by atoms with E-state index in [1.807, 2.05) is 24.3 Å². The molecule has 1 unspecified atom stereocenters. The Morgan fingerprint density at radius 3 is 2.22 bits per heavy atom. The first-order valence-corrected chi connectivity index (χ1v) is 9.85. The standard InChI is InChI=1S/C21H29N3O3/c1-15(2)16-8-10-17(11-9-16)21(3)19(26)24(20(27)22-21)14-18(25)23-12-6-4-5-7-13-23/h8-11,15H,4-7,12-14H2,1-3H3,(H,22,27). The molecular formula is C21H29N3O3. The van der Waals surface area contributed by atoms with E-state index in [1.54, 1.807) is 11.8 Å². The minimum Gasteiger partial charge on any atom is -0.341 e. The van der Waals surface area contributed by atoms with Crippen LogP contribution in [-0.4, -0.2) is 47.3 Å². The quantitative estimate of drug-likeness (QED) is 0.827. The van der Waals surface area contributed by atoms with Gasteiger partial charge < -0.3 is 10.2 Å². The molecule has 1 aromatic rings. The number of hydrogen-bond acceptors (Lipinski definition) is 3. The fourth-order valence-electron chi connectivity index (χ4n) is 3.79. The Bertz CT molecular complexity index is 721. The first-order valence-electron chi connectivity index (χ1n) is 9.85. The number of nitrogens with zero attached hydrogens (tertiary/aromatic N) is 2. The molecule has 0 radical (unpaired) electrons. The molecule has 1 aromatic carbocycles. The van der Waals surface area contributed by atoms with Crippen molar-refractivity contribution in [3.8, 4) is 0 Å². The third kappa shape index (κ3) is 3.84. The van der Waals surface area contributed by atoms with Gasteiger partial charge in [0, 0.05) is 13.1 Å². The average molecular weight is 371 g/mol. The summed E-state index contributed by atoms with van der Waals surface area (Å²) in [7, 11) is 0. The van der Waals surface area contributed by atoms with Crippen molar-refractivity contribution in [2.75, 3.05) is 19.6 Å². The molecule has 4 amide bonds. The molecule has 1 atom stereocenters. The van der Waals surface area contributed by atoms with Crippen molar-refractivity contribution in [2.45, 2.75) is 57.9 Å². The molecule has 2 fully saturated rings.